The molecule has 1 atom stereocenters. The first-order valence-electron chi connectivity index (χ1n) is 14.5. The lowest BCUT2D eigenvalue weighted by molar-refractivity contribution is 0.0942. The van der Waals surface area contributed by atoms with Gasteiger partial charge in [-0.05, 0) is 54.8 Å². The average molecular weight is 655 g/mol. The van der Waals surface area contributed by atoms with E-state index in [1.54, 1.807) is 18.5 Å². The lowest BCUT2D eigenvalue weighted by atomic mass is 9.96. The normalized spacial score (nSPS) is 11.6. The summed E-state index contributed by atoms with van der Waals surface area (Å²) in [5.41, 5.74) is 5.69. The number of hydrogen-bond donors (Lipinski definition) is 4. The molecule has 1 aromatic heterocycles. The van der Waals surface area contributed by atoms with E-state index in [0.29, 0.717) is 65.3 Å². The number of carbonyl (C=O) groups excluding carboxylic acids is 1. The largest absolute Gasteiger partial charge is 0.492 e. The molecule has 0 aliphatic heterocycles. The number of carbonyl (C=O) groups is 1. The molecule has 4 N–H and O–H groups in total. The molecule has 4 aromatic rings. The van der Waals surface area contributed by atoms with E-state index >= 15 is 0 Å². The van der Waals surface area contributed by atoms with Crippen molar-refractivity contribution < 1.29 is 29.2 Å². The van der Waals surface area contributed by atoms with Crippen LogP contribution in [-0.4, -0.2) is 60.9 Å². The summed E-state index contributed by atoms with van der Waals surface area (Å²) < 4.78 is 18.0. The fourth-order valence-electron chi connectivity index (χ4n) is 4.57. The van der Waals surface area contributed by atoms with Crippen LogP contribution >= 0.6 is 23.2 Å². The molecule has 0 aliphatic rings. The third-order valence-electron chi connectivity index (χ3n) is 7.10. The first-order valence-corrected chi connectivity index (χ1v) is 15.3. The zero-order valence-electron chi connectivity index (χ0n) is 25.2. The summed E-state index contributed by atoms with van der Waals surface area (Å²) >= 11 is 13.3. The van der Waals surface area contributed by atoms with E-state index in [1.165, 1.54) is 6.07 Å². The van der Waals surface area contributed by atoms with Crippen LogP contribution in [0.4, 0.5) is 5.69 Å². The predicted octanol–water partition coefficient (Wildman–Crippen LogP) is 6.09. The molecule has 0 radical (unpaired) electrons. The summed E-state index contributed by atoms with van der Waals surface area (Å²) in [6.45, 7) is 3.55. The number of aromatic nitrogens is 1. The van der Waals surface area contributed by atoms with Crippen molar-refractivity contribution in [2.24, 2.45) is 0 Å². The Balaban J connectivity index is 1.44. The molecule has 0 saturated heterocycles. The number of halogens is 2. The van der Waals surface area contributed by atoms with Crippen LogP contribution in [0.3, 0.4) is 0 Å². The predicted molar refractivity (Wildman–Crippen MR) is 177 cm³/mol. The summed E-state index contributed by atoms with van der Waals surface area (Å²) in [6.07, 6.45) is 4.04. The molecule has 11 heteroatoms. The van der Waals surface area contributed by atoms with Crippen LogP contribution in [0.5, 0.6) is 17.2 Å². The molecule has 3 aromatic carbocycles. The number of aliphatic hydroxyl groups excluding tert-OH is 2. The number of nitrogens with zero attached hydrogens (tertiary/aromatic N) is 1. The van der Waals surface area contributed by atoms with Gasteiger partial charge in [0.1, 0.15) is 30.5 Å². The van der Waals surface area contributed by atoms with E-state index < -0.39 is 6.10 Å². The van der Waals surface area contributed by atoms with Gasteiger partial charge in [-0.2, -0.15) is 0 Å². The Kier molecular flexibility index (Phi) is 12.9. The number of rotatable bonds is 17. The smallest absolute Gasteiger partial charge is 0.153 e. The average Bonchev–Trinajstić information content (AvgIpc) is 3.06. The van der Waals surface area contributed by atoms with E-state index in [4.69, 9.17) is 42.5 Å². The molecule has 0 fully saturated rings. The van der Waals surface area contributed by atoms with Crippen LogP contribution in [0.15, 0.2) is 67.0 Å². The molecule has 0 amide bonds. The number of nitrogens with one attached hydrogen (secondary N) is 2. The number of pyridine rings is 1. The van der Waals surface area contributed by atoms with Gasteiger partial charge in [0.15, 0.2) is 6.29 Å². The molecule has 9 nitrogen and oxygen atoms in total. The lowest BCUT2D eigenvalue weighted by Crippen LogP contribution is -2.30. The SMILES string of the molecule is CNc1cncc(COc2cc(OCc3cccc(-c4cccc(OCCCNCC(O)CO)c4Cl)c3C)c(Cl)cc2C=O)c1. The Morgan fingerprint density at radius 2 is 1.73 bits per heavy atom. The summed E-state index contributed by atoms with van der Waals surface area (Å²) in [4.78, 5) is 15.9. The zero-order valence-corrected chi connectivity index (χ0v) is 26.7. The zero-order chi connectivity index (χ0) is 32.2. The minimum atomic E-state index is -0.775. The number of benzene rings is 3. The number of anilines is 1. The van der Waals surface area contributed by atoms with Crippen molar-refractivity contribution in [3.05, 3.63) is 99.3 Å². The van der Waals surface area contributed by atoms with E-state index in [2.05, 4.69) is 15.6 Å². The van der Waals surface area contributed by atoms with Gasteiger partial charge >= 0.3 is 0 Å². The van der Waals surface area contributed by atoms with Crippen LogP contribution in [0, 0.1) is 6.92 Å². The van der Waals surface area contributed by atoms with Crippen LogP contribution in [0.25, 0.3) is 11.1 Å². The van der Waals surface area contributed by atoms with Gasteiger partial charge in [0.2, 0.25) is 0 Å². The molecule has 1 unspecified atom stereocenters. The number of hydrogen-bond acceptors (Lipinski definition) is 9. The molecule has 0 bridgehead atoms. The van der Waals surface area contributed by atoms with Gasteiger partial charge < -0.3 is 35.1 Å². The summed E-state index contributed by atoms with van der Waals surface area (Å²) in [6, 6.07) is 16.7. The fraction of sp³-hybridized carbons (Fsp3) is 0.294. The standard InChI is InChI=1S/C34H37Cl2N3O6/c1-22-24(6-3-7-28(22)29-8-4-9-31(34(29)36)43-11-5-10-38-17-27(42)19-41)21-45-33-14-32(25(18-40)13-30(33)35)44-20-23-12-26(37-2)16-39-15-23/h3-4,6-9,12-16,18,27,37-38,41-42H,5,10-11,17,19-21H2,1-2H3. The molecule has 0 aliphatic carbocycles. The van der Waals surface area contributed by atoms with Crippen LogP contribution < -0.4 is 24.8 Å². The highest BCUT2D eigenvalue weighted by Crippen LogP contribution is 2.38. The van der Waals surface area contributed by atoms with Gasteiger partial charge in [-0.15, -0.1) is 0 Å². The van der Waals surface area contributed by atoms with E-state index in [9.17, 15) is 9.90 Å². The topological polar surface area (TPSA) is 122 Å². The van der Waals surface area contributed by atoms with Crippen molar-refractivity contribution >= 4 is 35.2 Å². The highest BCUT2D eigenvalue weighted by molar-refractivity contribution is 6.35. The maximum atomic E-state index is 11.7. The maximum absolute atomic E-state index is 11.7. The highest BCUT2D eigenvalue weighted by Gasteiger charge is 2.16. The third kappa shape index (κ3) is 9.32. The molecule has 0 saturated carbocycles. The summed E-state index contributed by atoms with van der Waals surface area (Å²) in [5.74, 6) is 1.32. The number of aldehydes is 1. The van der Waals surface area contributed by atoms with Crippen LogP contribution in [0.1, 0.15) is 33.5 Å². The van der Waals surface area contributed by atoms with Crippen molar-refractivity contribution in [2.75, 3.05) is 38.7 Å². The first-order chi connectivity index (χ1) is 21.8. The van der Waals surface area contributed by atoms with Gasteiger partial charge in [0.05, 0.1) is 40.6 Å². The molecule has 45 heavy (non-hydrogen) atoms. The van der Waals surface area contributed by atoms with Crippen LogP contribution in [0.2, 0.25) is 10.0 Å². The minimum absolute atomic E-state index is 0.209. The van der Waals surface area contributed by atoms with Gasteiger partial charge in [-0.3, -0.25) is 9.78 Å². The van der Waals surface area contributed by atoms with Gasteiger partial charge in [-0.1, -0.05) is 53.5 Å². The van der Waals surface area contributed by atoms with E-state index in [-0.39, 0.29) is 19.8 Å². The summed E-state index contributed by atoms with van der Waals surface area (Å²) in [7, 11) is 1.81. The van der Waals surface area contributed by atoms with Crippen molar-refractivity contribution in [2.45, 2.75) is 32.7 Å². The first kappa shape index (κ1) is 34.0. The van der Waals surface area contributed by atoms with Gasteiger partial charge in [-0.25, -0.2) is 0 Å². The molecular weight excluding hydrogens is 617 g/mol. The van der Waals surface area contributed by atoms with Crippen LogP contribution in [-0.2, 0) is 13.2 Å². The van der Waals surface area contributed by atoms with E-state index in [1.807, 2.05) is 56.4 Å². The molecule has 238 valence electrons. The Morgan fingerprint density at radius 3 is 2.51 bits per heavy atom. The lowest BCUT2D eigenvalue weighted by Gasteiger charge is -2.17. The third-order valence-corrected chi connectivity index (χ3v) is 7.78. The molecule has 0 spiro atoms. The Hall–Kier alpha value is -3.86. The highest BCUT2D eigenvalue weighted by atomic mass is 35.5. The quantitative estimate of drug-likeness (QED) is 0.0792. The monoisotopic (exact) mass is 653 g/mol. The molecular formula is C34H37Cl2N3O6. The second kappa shape index (κ2) is 17.0. The van der Waals surface area contributed by atoms with Crippen molar-refractivity contribution in [3.8, 4) is 28.4 Å². The maximum Gasteiger partial charge on any atom is 0.153 e. The number of ether oxygens (including phenoxy) is 3. The Bertz CT molecular complexity index is 1590. The Morgan fingerprint density at radius 1 is 0.956 bits per heavy atom. The van der Waals surface area contributed by atoms with Gasteiger partial charge in [0.25, 0.3) is 0 Å². The second-order valence-electron chi connectivity index (χ2n) is 10.3. The van der Waals surface area contributed by atoms with E-state index in [0.717, 1.165) is 33.5 Å². The summed E-state index contributed by atoms with van der Waals surface area (Å²) in [5, 5.41) is 25.2. The van der Waals surface area contributed by atoms with Gasteiger partial charge in [0, 0.05) is 43.2 Å². The van der Waals surface area contributed by atoms with Crippen molar-refractivity contribution in [1.29, 1.82) is 0 Å². The Labute approximate surface area is 273 Å². The molecule has 1 heterocycles. The van der Waals surface area contributed by atoms with Crippen molar-refractivity contribution in [1.82, 2.24) is 10.3 Å². The minimum Gasteiger partial charge on any atom is -0.492 e. The fourth-order valence-corrected chi connectivity index (χ4v) is 5.08. The number of aliphatic hydroxyl groups is 2. The van der Waals surface area contributed by atoms with Crippen molar-refractivity contribution in [3.63, 3.8) is 0 Å². The molecule has 4 rings (SSSR count). The second-order valence-corrected chi connectivity index (χ2v) is 11.1.